The van der Waals surface area contributed by atoms with Crippen LogP contribution in [-0.4, -0.2) is 36.4 Å². The Morgan fingerprint density at radius 2 is 2.12 bits per heavy atom. The molecule has 134 valence electrons. The van der Waals surface area contributed by atoms with Crippen LogP contribution in [0.2, 0.25) is 0 Å². The van der Waals surface area contributed by atoms with Gasteiger partial charge >= 0.3 is 0 Å². The molecule has 0 bridgehead atoms. The molecule has 0 spiro atoms. The van der Waals surface area contributed by atoms with Crippen molar-refractivity contribution in [3.05, 3.63) is 35.6 Å². The highest BCUT2D eigenvalue weighted by Crippen LogP contribution is 2.19. The first kappa shape index (κ1) is 20.7. The highest BCUT2D eigenvalue weighted by Gasteiger charge is 2.23. The van der Waals surface area contributed by atoms with E-state index in [0.717, 1.165) is 44.0 Å². The van der Waals surface area contributed by atoms with E-state index in [9.17, 15) is 9.18 Å². The summed E-state index contributed by atoms with van der Waals surface area (Å²) in [5, 5.41) is 3.29. The van der Waals surface area contributed by atoms with Crippen molar-refractivity contribution in [1.29, 1.82) is 0 Å². The zero-order valence-corrected chi connectivity index (χ0v) is 16.3. The van der Waals surface area contributed by atoms with E-state index in [1.54, 1.807) is 12.1 Å². The lowest BCUT2D eigenvalue weighted by molar-refractivity contribution is -0.119. The summed E-state index contributed by atoms with van der Waals surface area (Å²) in [6.07, 6.45) is 2.48. The molecule has 0 aromatic heterocycles. The number of hydrogen-bond donors (Lipinski definition) is 2. The van der Waals surface area contributed by atoms with Crippen LogP contribution in [0.3, 0.4) is 0 Å². The lowest BCUT2D eigenvalue weighted by atomic mass is 9.95. The fourth-order valence-electron chi connectivity index (χ4n) is 2.89. The highest BCUT2D eigenvalue weighted by atomic mass is 127. The number of carbonyl (C=O) groups is 1. The Kier molecular flexibility index (Phi) is 9.02. The van der Waals surface area contributed by atoms with Gasteiger partial charge in [0.05, 0.1) is 6.54 Å². The van der Waals surface area contributed by atoms with Gasteiger partial charge in [-0.05, 0) is 43.4 Å². The summed E-state index contributed by atoms with van der Waals surface area (Å²) in [5.74, 6) is 0.641. The molecule has 1 fully saturated rings. The van der Waals surface area contributed by atoms with Gasteiger partial charge in [-0.25, -0.2) is 9.38 Å². The Balaban J connectivity index is 0.00000288. The van der Waals surface area contributed by atoms with Gasteiger partial charge in [0.25, 0.3) is 0 Å². The second kappa shape index (κ2) is 10.5. The first-order chi connectivity index (χ1) is 11.1. The number of nitrogens with zero attached hydrogens (tertiary/aromatic N) is 2. The van der Waals surface area contributed by atoms with E-state index in [1.807, 2.05) is 6.92 Å². The molecule has 1 heterocycles. The van der Waals surface area contributed by atoms with Crippen molar-refractivity contribution in [2.75, 3.05) is 19.6 Å². The van der Waals surface area contributed by atoms with Crippen LogP contribution in [0.5, 0.6) is 0 Å². The number of halogens is 2. The highest BCUT2D eigenvalue weighted by molar-refractivity contribution is 14.0. The lowest BCUT2D eigenvalue weighted by Crippen LogP contribution is -2.47. The van der Waals surface area contributed by atoms with Crippen LogP contribution in [0.1, 0.15) is 31.7 Å². The van der Waals surface area contributed by atoms with Gasteiger partial charge in [-0.1, -0.05) is 12.1 Å². The Bertz CT molecular complexity index is 550. The van der Waals surface area contributed by atoms with E-state index in [-0.39, 0.29) is 41.6 Å². The van der Waals surface area contributed by atoms with Crippen molar-refractivity contribution >= 4 is 35.8 Å². The molecule has 2 rings (SSSR count). The number of hydrogen-bond acceptors (Lipinski definition) is 2. The summed E-state index contributed by atoms with van der Waals surface area (Å²) >= 11 is 0. The number of carbonyl (C=O) groups excluding carboxylic acids is 1. The van der Waals surface area contributed by atoms with Crippen LogP contribution in [0.4, 0.5) is 4.39 Å². The summed E-state index contributed by atoms with van der Waals surface area (Å²) in [5.41, 5.74) is 6.28. The van der Waals surface area contributed by atoms with E-state index in [2.05, 4.69) is 15.2 Å². The molecular weight excluding hydrogens is 422 g/mol. The molecule has 1 aromatic carbocycles. The third-order valence-corrected chi connectivity index (χ3v) is 3.97. The molecule has 7 heteroatoms. The minimum Gasteiger partial charge on any atom is -0.370 e. The maximum Gasteiger partial charge on any atom is 0.217 e. The van der Waals surface area contributed by atoms with E-state index in [0.29, 0.717) is 13.0 Å². The van der Waals surface area contributed by atoms with Gasteiger partial charge in [0.15, 0.2) is 5.96 Å². The van der Waals surface area contributed by atoms with Crippen LogP contribution in [-0.2, 0) is 11.3 Å². The van der Waals surface area contributed by atoms with Gasteiger partial charge in [0, 0.05) is 26.1 Å². The van der Waals surface area contributed by atoms with E-state index in [1.165, 1.54) is 12.1 Å². The first-order valence-electron chi connectivity index (χ1n) is 8.14. The number of likely N-dealkylation sites (tertiary alicyclic amines) is 1. The monoisotopic (exact) mass is 448 g/mol. The van der Waals surface area contributed by atoms with Crippen LogP contribution >= 0.6 is 24.0 Å². The molecule has 1 aromatic rings. The predicted molar refractivity (Wildman–Crippen MR) is 105 cm³/mol. The van der Waals surface area contributed by atoms with Gasteiger partial charge in [-0.2, -0.15) is 0 Å². The van der Waals surface area contributed by atoms with Gasteiger partial charge in [0.2, 0.25) is 5.91 Å². The predicted octanol–water partition coefficient (Wildman–Crippen LogP) is 2.50. The van der Waals surface area contributed by atoms with Gasteiger partial charge in [-0.3, -0.25) is 4.79 Å². The molecule has 1 aliphatic rings. The number of rotatable bonds is 5. The van der Waals surface area contributed by atoms with Crippen molar-refractivity contribution < 1.29 is 9.18 Å². The van der Waals surface area contributed by atoms with Crippen molar-refractivity contribution in [2.45, 2.75) is 32.7 Å². The number of nitrogens with one attached hydrogen (secondary N) is 1. The summed E-state index contributed by atoms with van der Waals surface area (Å²) in [4.78, 5) is 18.0. The lowest BCUT2D eigenvalue weighted by Gasteiger charge is -2.34. The Morgan fingerprint density at radius 1 is 1.42 bits per heavy atom. The maximum absolute atomic E-state index is 13.0. The third kappa shape index (κ3) is 6.62. The van der Waals surface area contributed by atoms with Gasteiger partial charge < -0.3 is 16.0 Å². The average Bonchev–Trinajstić information content (AvgIpc) is 2.52. The molecule has 24 heavy (non-hydrogen) atoms. The van der Waals surface area contributed by atoms with E-state index in [4.69, 9.17) is 5.73 Å². The second-order valence-electron chi connectivity index (χ2n) is 5.92. The van der Waals surface area contributed by atoms with Crippen LogP contribution in [0, 0.1) is 11.7 Å². The van der Waals surface area contributed by atoms with E-state index < -0.39 is 0 Å². The zero-order chi connectivity index (χ0) is 16.7. The number of nitrogens with two attached hydrogens (primary N) is 1. The third-order valence-electron chi connectivity index (χ3n) is 3.97. The number of guanidine groups is 1. The molecule has 1 atom stereocenters. The minimum atomic E-state index is -0.245. The molecule has 1 aliphatic heterocycles. The second-order valence-corrected chi connectivity index (χ2v) is 5.92. The first-order valence-corrected chi connectivity index (χ1v) is 8.14. The summed E-state index contributed by atoms with van der Waals surface area (Å²) in [6, 6.07) is 6.38. The molecule has 3 N–H and O–H groups in total. The Hall–Kier alpha value is -1.38. The average molecular weight is 448 g/mol. The normalized spacial score (nSPS) is 18.0. The van der Waals surface area contributed by atoms with E-state index >= 15 is 0 Å². The van der Waals surface area contributed by atoms with Gasteiger partial charge in [-0.15, -0.1) is 24.0 Å². The number of benzene rings is 1. The molecule has 1 amide bonds. The summed E-state index contributed by atoms with van der Waals surface area (Å²) in [7, 11) is 0. The zero-order valence-electron chi connectivity index (χ0n) is 14.0. The standard InChI is InChI=1S/C17H25FN4O.HI/c1-2-20-17(21-11-13-5-7-15(18)8-6-13)22-9-3-4-14(12-22)10-16(19)23;/h5-8,14H,2-4,9-12H2,1H3,(H2,19,23)(H,20,21);1H. The topological polar surface area (TPSA) is 70.7 Å². The maximum atomic E-state index is 13.0. The molecule has 5 nitrogen and oxygen atoms in total. The molecule has 0 saturated carbocycles. The summed E-state index contributed by atoms with van der Waals surface area (Å²) < 4.78 is 13.0. The number of piperidine rings is 1. The van der Waals surface area contributed by atoms with Crippen molar-refractivity contribution in [2.24, 2.45) is 16.6 Å². The number of aliphatic imine (C=N–C) groups is 1. The SMILES string of the molecule is CCNC(=NCc1ccc(F)cc1)N1CCCC(CC(N)=O)C1.I. The largest absolute Gasteiger partial charge is 0.370 e. The van der Waals surface area contributed by atoms with Crippen LogP contribution in [0.25, 0.3) is 0 Å². The van der Waals surface area contributed by atoms with Gasteiger partial charge in [0.1, 0.15) is 5.82 Å². The number of amides is 1. The molecule has 1 saturated heterocycles. The van der Waals surface area contributed by atoms with Crippen molar-refractivity contribution in [1.82, 2.24) is 10.2 Å². The summed E-state index contributed by atoms with van der Waals surface area (Å²) in [6.45, 7) is 5.01. The number of primary amides is 1. The smallest absolute Gasteiger partial charge is 0.217 e. The molecular formula is C17H26FIN4O. The van der Waals surface area contributed by atoms with Crippen LogP contribution in [0.15, 0.2) is 29.3 Å². The van der Waals surface area contributed by atoms with Crippen molar-refractivity contribution in [3.8, 4) is 0 Å². The Labute approximate surface area is 159 Å². The van der Waals surface area contributed by atoms with Crippen molar-refractivity contribution in [3.63, 3.8) is 0 Å². The van der Waals surface area contributed by atoms with Crippen LogP contribution < -0.4 is 11.1 Å². The Morgan fingerprint density at radius 3 is 2.75 bits per heavy atom. The quantitative estimate of drug-likeness (QED) is 0.413. The fraction of sp³-hybridized carbons (Fsp3) is 0.529. The molecule has 1 unspecified atom stereocenters. The fourth-order valence-corrected chi connectivity index (χ4v) is 2.89. The minimum absolute atomic E-state index is 0. The molecule has 0 radical (unpaired) electrons. The molecule has 0 aliphatic carbocycles.